The molecule has 63 heavy (non-hydrogen) atoms. The molecule has 8 unspecified atom stereocenters. The van der Waals surface area contributed by atoms with Gasteiger partial charge in [-0.3, -0.25) is 24.0 Å². The minimum Gasteiger partial charge on any atom is -0.462 e. The van der Waals surface area contributed by atoms with E-state index in [-0.39, 0.29) is 45.4 Å². The third-order valence-corrected chi connectivity index (χ3v) is 12.5. The van der Waals surface area contributed by atoms with Crippen molar-refractivity contribution in [2.24, 2.45) is 10.8 Å². The Morgan fingerprint density at radius 2 is 1.71 bits per heavy atom. The lowest BCUT2D eigenvalue weighted by molar-refractivity contribution is -0.217. The maximum absolute atomic E-state index is 14.7. The number of hydrogen-bond acceptors (Lipinski definition) is 15. The number of benzene rings is 2. The first kappa shape index (κ1) is 44.4. The first-order valence-corrected chi connectivity index (χ1v) is 21.5. The van der Waals surface area contributed by atoms with E-state index in [0.717, 1.165) is 11.1 Å². The van der Waals surface area contributed by atoms with Gasteiger partial charge in [0.1, 0.15) is 42.0 Å². The first-order chi connectivity index (χ1) is 29.9. The van der Waals surface area contributed by atoms with Crippen LogP contribution in [0.4, 0.5) is 0 Å². The summed E-state index contributed by atoms with van der Waals surface area (Å²) in [5.41, 5.74) is 0.622. The van der Waals surface area contributed by atoms with Crippen LogP contribution in [0, 0.1) is 10.8 Å². The van der Waals surface area contributed by atoms with E-state index in [4.69, 9.17) is 33.3 Å². The van der Waals surface area contributed by atoms with E-state index in [9.17, 15) is 33.9 Å². The maximum Gasteiger partial charge on any atom is 0.348 e. The fraction of sp³-hybridized carbons (Fsp3) is 0.565. The smallest absolute Gasteiger partial charge is 0.348 e. The van der Waals surface area contributed by atoms with E-state index in [0.29, 0.717) is 24.0 Å². The molecule has 4 aliphatic heterocycles. The second-order valence-electron chi connectivity index (χ2n) is 19.0. The lowest BCUT2D eigenvalue weighted by Gasteiger charge is -2.48. The highest BCUT2D eigenvalue weighted by molar-refractivity contribution is 5.94. The van der Waals surface area contributed by atoms with Crippen LogP contribution >= 0.6 is 0 Å². The maximum atomic E-state index is 14.7. The second-order valence-corrected chi connectivity index (χ2v) is 19.0. The van der Waals surface area contributed by atoms with Crippen LogP contribution in [0.3, 0.4) is 0 Å². The highest BCUT2D eigenvalue weighted by atomic mass is 16.8. The Labute approximate surface area is 365 Å². The molecule has 8 atom stereocenters. The van der Waals surface area contributed by atoms with E-state index in [1.54, 1.807) is 58.9 Å². The van der Waals surface area contributed by atoms with Crippen molar-refractivity contribution in [2.45, 2.75) is 134 Å². The van der Waals surface area contributed by atoms with Crippen LogP contribution in [-0.2, 0) is 81.4 Å². The molecule has 3 N–H and O–H groups in total. The molecule has 17 heteroatoms. The molecule has 2 bridgehead atoms. The van der Waals surface area contributed by atoms with Gasteiger partial charge in [0.25, 0.3) is 0 Å². The molecular formula is C46H55N3O14. The molecule has 2 amide bonds. The van der Waals surface area contributed by atoms with Gasteiger partial charge in [-0.2, -0.15) is 5.06 Å². The Balaban J connectivity index is 0.987. The predicted octanol–water partition coefficient (Wildman–Crippen LogP) is 2.38. The van der Waals surface area contributed by atoms with Gasteiger partial charge in [0.2, 0.25) is 17.9 Å². The Bertz CT molecular complexity index is 2160. The standard InChI is InChI=1S/C46H55N3O14/c1-43(2,3)60-34(53)16-14-30(24-50)48-32(51)17-18-47-42(56)46-22-31-35-36(62-45(61-35)20-28-11-6-7-12-29(28)21-45)38(46)63-49(37(46)40(54)58-31)23-27-10-8-9-26(19-27)13-15-33(52)59-39-41(55)57-25-44(39,4)5/h6-13,15,19,30-31,35-39,50H,14,16-18,20-25H2,1-5H3,(H,47,56)(H,48,51). The molecule has 5 fully saturated rings. The van der Waals surface area contributed by atoms with Crippen LogP contribution in [0.5, 0.6) is 0 Å². The summed E-state index contributed by atoms with van der Waals surface area (Å²) in [6.45, 7) is 8.49. The molecule has 2 aliphatic carbocycles. The SMILES string of the molecule is CC(C)(C)OC(=O)CCC(CO)NC(=O)CCNC(=O)C12CC3OC(=O)C1N(Cc1cccc(C=CC(=O)OC4C(=O)OCC4(C)C)c1)OC2C1OC2(Cc4ccccc4C2)OC31. The normalized spacial score (nSPS) is 29.1. The number of aliphatic hydroxyl groups is 1. The number of carbonyl (C=O) groups excluding carboxylic acids is 6. The van der Waals surface area contributed by atoms with Crippen molar-refractivity contribution in [1.29, 1.82) is 0 Å². The third-order valence-electron chi connectivity index (χ3n) is 12.5. The fourth-order valence-corrected chi connectivity index (χ4v) is 9.64. The number of nitrogens with zero attached hydrogens (tertiary/aromatic N) is 1. The van der Waals surface area contributed by atoms with E-state index in [2.05, 4.69) is 10.6 Å². The molecule has 0 radical (unpaired) electrons. The number of hydrogen-bond donors (Lipinski definition) is 3. The summed E-state index contributed by atoms with van der Waals surface area (Å²) in [6.07, 6.45) is -0.572. The number of cyclic esters (lactones) is 1. The van der Waals surface area contributed by atoms with E-state index < -0.39 is 107 Å². The number of fused-ring (bicyclic) bond motifs is 5. The number of nitrogens with one attached hydrogen (secondary N) is 2. The van der Waals surface area contributed by atoms with Crippen molar-refractivity contribution < 1.29 is 67.1 Å². The number of ether oxygens (including phenoxy) is 6. The van der Waals surface area contributed by atoms with Crippen molar-refractivity contribution in [3.05, 3.63) is 76.9 Å². The fourth-order valence-electron chi connectivity index (χ4n) is 9.64. The van der Waals surface area contributed by atoms with Crippen molar-refractivity contribution in [3.63, 3.8) is 0 Å². The highest BCUT2D eigenvalue weighted by Crippen LogP contribution is 2.58. The van der Waals surface area contributed by atoms with Gasteiger partial charge in [-0.05, 0) is 55.5 Å². The lowest BCUT2D eigenvalue weighted by atomic mass is 9.62. The van der Waals surface area contributed by atoms with Gasteiger partial charge in [-0.1, -0.05) is 62.4 Å². The second kappa shape index (κ2) is 17.1. The van der Waals surface area contributed by atoms with Crippen LogP contribution in [0.15, 0.2) is 54.6 Å². The number of aliphatic hydroxyl groups excluding tert-OH is 1. The van der Waals surface area contributed by atoms with Gasteiger partial charge in [0.15, 0.2) is 11.8 Å². The van der Waals surface area contributed by atoms with E-state index in [1.807, 2.05) is 30.3 Å². The quantitative estimate of drug-likeness (QED) is 0.141. The van der Waals surface area contributed by atoms with Crippen LogP contribution in [0.1, 0.15) is 82.6 Å². The lowest BCUT2D eigenvalue weighted by Crippen LogP contribution is -2.69. The zero-order chi connectivity index (χ0) is 44.9. The number of carbonyl (C=O) groups is 6. The van der Waals surface area contributed by atoms with E-state index >= 15 is 0 Å². The number of esters is 4. The molecule has 2 aromatic rings. The minimum atomic E-state index is -1.50. The molecule has 17 nitrogen and oxygen atoms in total. The van der Waals surface area contributed by atoms with Gasteiger partial charge in [0, 0.05) is 50.1 Å². The zero-order valence-corrected chi connectivity index (χ0v) is 36.1. The topological polar surface area (TPSA) is 215 Å². The summed E-state index contributed by atoms with van der Waals surface area (Å²) in [6, 6.07) is 13.2. The first-order valence-electron chi connectivity index (χ1n) is 21.5. The summed E-state index contributed by atoms with van der Waals surface area (Å²) < 4.78 is 35.4. The highest BCUT2D eigenvalue weighted by Gasteiger charge is 2.76. The molecule has 1 saturated carbocycles. The molecule has 4 saturated heterocycles. The molecular weight excluding hydrogens is 819 g/mol. The minimum absolute atomic E-state index is 0.00607. The molecule has 1 spiro atoms. The molecule has 2 aromatic carbocycles. The molecule has 6 aliphatic rings. The summed E-state index contributed by atoms with van der Waals surface area (Å²) in [7, 11) is 0. The number of hydroxylamine groups is 2. The third kappa shape index (κ3) is 8.98. The van der Waals surface area contributed by atoms with Crippen LogP contribution in [0.2, 0.25) is 0 Å². The van der Waals surface area contributed by atoms with Gasteiger partial charge in [0.05, 0.1) is 19.2 Å². The summed E-state index contributed by atoms with van der Waals surface area (Å²) in [5.74, 6) is -4.44. The monoisotopic (exact) mass is 873 g/mol. The Morgan fingerprint density at radius 3 is 2.40 bits per heavy atom. The Morgan fingerprint density at radius 1 is 0.984 bits per heavy atom. The van der Waals surface area contributed by atoms with Crippen LogP contribution in [0.25, 0.3) is 6.08 Å². The summed E-state index contributed by atoms with van der Waals surface area (Å²) in [5, 5.41) is 17.0. The largest absolute Gasteiger partial charge is 0.462 e. The van der Waals surface area contributed by atoms with Crippen molar-refractivity contribution >= 4 is 41.8 Å². The number of rotatable bonds is 14. The average Bonchev–Trinajstić information content (AvgIpc) is 3.96. The van der Waals surface area contributed by atoms with Crippen molar-refractivity contribution in [2.75, 3.05) is 19.8 Å². The van der Waals surface area contributed by atoms with Gasteiger partial charge in [-0.15, -0.1) is 0 Å². The van der Waals surface area contributed by atoms with Gasteiger partial charge >= 0.3 is 23.9 Å². The van der Waals surface area contributed by atoms with Crippen LogP contribution < -0.4 is 10.6 Å². The Hall–Kier alpha value is -5.20. The van der Waals surface area contributed by atoms with Crippen molar-refractivity contribution in [3.8, 4) is 0 Å². The summed E-state index contributed by atoms with van der Waals surface area (Å²) in [4.78, 5) is 85.8. The Kier molecular flexibility index (Phi) is 12.0. The predicted molar refractivity (Wildman–Crippen MR) is 219 cm³/mol. The number of amides is 2. The van der Waals surface area contributed by atoms with Crippen molar-refractivity contribution in [1.82, 2.24) is 15.7 Å². The summed E-state index contributed by atoms with van der Waals surface area (Å²) >= 11 is 0. The average molecular weight is 874 g/mol. The van der Waals surface area contributed by atoms with Gasteiger partial charge in [-0.25, -0.2) is 9.59 Å². The zero-order valence-electron chi connectivity index (χ0n) is 36.1. The van der Waals surface area contributed by atoms with Crippen LogP contribution in [-0.4, -0.2) is 120 Å². The molecule has 338 valence electrons. The molecule has 8 rings (SSSR count). The molecule has 4 heterocycles. The molecule has 0 aromatic heterocycles. The van der Waals surface area contributed by atoms with E-state index in [1.165, 1.54) is 11.1 Å². The van der Waals surface area contributed by atoms with Gasteiger partial charge < -0.3 is 44.2 Å².